The minimum atomic E-state index is -0.416. The summed E-state index contributed by atoms with van der Waals surface area (Å²) in [5.41, 5.74) is 1.49. The molecule has 2 N–H and O–H groups in total. The lowest BCUT2D eigenvalue weighted by molar-refractivity contribution is -0.924. The third-order valence-corrected chi connectivity index (χ3v) is 6.20. The van der Waals surface area contributed by atoms with Crippen molar-refractivity contribution in [1.82, 2.24) is 9.97 Å². The molecule has 0 saturated carbocycles. The molecule has 2 atom stereocenters. The van der Waals surface area contributed by atoms with Crippen LogP contribution in [0.1, 0.15) is 46.5 Å². The van der Waals surface area contributed by atoms with Gasteiger partial charge >= 0.3 is 5.97 Å². The Balaban J connectivity index is 1.92. The highest BCUT2D eigenvalue weighted by Crippen LogP contribution is 2.28. The van der Waals surface area contributed by atoms with E-state index in [4.69, 9.17) is 16.3 Å². The Morgan fingerprint density at radius 2 is 2.18 bits per heavy atom. The third kappa shape index (κ3) is 4.11. The number of esters is 1. The molecule has 0 aliphatic carbocycles. The SMILES string of the molecule is CCOC(=O)c1sc2nc([C@@H](C)[NH+](C)Cc3cccc(Cl)c3)[nH]c(=O)c2c1C. The fraction of sp³-hybridized carbons (Fsp3) is 0.350. The van der Waals surface area contributed by atoms with Crippen LogP contribution < -0.4 is 10.5 Å². The molecule has 3 rings (SSSR count). The van der Waals surface area contributed by atoms with Crippen molar-refractivity contribution in [3.63, 3.8) is 0 Å². The van der Waals surface area contributed by atoms with Crippen LogP contribution in [0.3, 0.4) is 0 Å². The number of aryl methyl sites for hydroxylation is 1. The number of fused-ring (bicyclic) bond motifs is 1. The molecule has 8 heteroatoms. The van der Waals surface area contributed by atoms with Crippen LogP contribution in [0.2, 0.25) is 5.02 Å². The molecule has 2 aromatic heterocycles. The van der Waals surface area contributed by atoms with Gasteiger partial charge in [-0.05, 0) is 38.5 Å². The van der Waals surface area contributed by atoms with E-state index in [0.29, 0.717) is 31.5 Å². The number of thiophene rings is 1. The summed E-state index contributed by atoms with van der Waals surface area (Å²) in [5.74, 6) is 0.175. The molecular formula is C20H23ClN3O3S+. The molecule has 1 aromatic carbocycles. The van der Waals surface area contributed by atoms with Gasteiger partial charge in [0.2, 0.25) is 0 Å². The fourth-order valence-corrected chi connectivity index (χ4v) is 4.41. The number of quaternary nitrogens is 1. The zero-order chi connectivity index (χ0) is 20.4. The Kier molecular flexibility index (Phi) is 6.17. The van der Waals surface area contributed by atoms with Gasteiger partial charge < -0.3 is 14.6 Å². The molecule has 3 aromatic rings. The van der Waals surface area contributed by atoms with Crippen LogP contribution in [0.4, 0.5) is 0 Å². The summed E-state index contributed by atoms with van der Waals surface area (Å²) >= 11 is 7.27. The Bertz CT molecular complexity index is 1080. The average molecular weight is 421 g/mol. The molecule has 0 amide bonds. The molecule has 0 aliphatic heterocycles. The number of aromatic amines is 1. The average Bonchev–Trinajstić information content (AvgIpc) is 2.98. The number of ether oxygens (including phenoxy) is 1. The van der Waals surface area contributed by atoms with Gasteiger partial charge in [0.1, 0.15) is 22.3 Å². The van der Waals surface area contributed by atoms with Crippen LogP contribution in [0.5, 0.6) is 0 Å². The number of carbonyl (C=O) groups excluding carboxylic acids is 1. The second kappa shape index (κ2) is 8.43. The van der Waals surface area contributed by atoms with Crippen molar-refractivity contribution in [3.05, 3.63) is 61.5 Å². The third-order valence-electron chi connectivity index (χ3n) is 4.80. The summed E-state index contributed by atoms with van der Waals surface area (Å²) in [6.07, 6.45) is 0. The second-order valence-electron chi connectivity index (χ2n) is 6.78. The van der Waals surface area contributed by atoms with Crippen molar-refractivity contribution in [3.8, 4) is 0 Å². The van der Waals surface area contributed by atoms with Gasteiger partial charge in [0.15, 0.2) is 5.82 Å². The van der Waals surface area contributed by atoms with Gasteiger partial charge in [-0.3, -0.25) is 4.79 Å². The summed E-state index contributed by atoms with van der Waals surface area (Å²) in [6.45, 7) is 6.54. The van der Waals surface area contributed by atoms with Crippen molar-refractivity contribution in [1.29, 1.82) is 0 Å². The fourth-order valence-electron chi connectivity index (χ4n) is 3.11. The molecule has 2 heterocycles. The van der Waals surface area contributed by atoms with E-state index < -0.39 is 5.97 Å². The number of hydrogen-bond acceptors (Lipinski definition) is 5. The first-order valence-electron chi connectivity index (χ1n) is 9.09. The van der Waals surface area contributed by atoms with Crippen LogP contribution in [0.15, 0.2) is 29.1 Å². The molecular weight excluding hydrogens is 398 g/mol. The van der Waals surface area contributed by atoms with E-state index in [9.17, 15) is 9.59 Å². The Labute approximate surface area is 172 Å². The van der Waals surface area contributed by atoms with Crippen molar-refractivity contribution < 1.29 is 14.4 Å². The molecule has 0 aliphatic rings. The van der Waals surface area contributed by atoms with Gasteiger partial charge in [-0.1, -0.05) is 23.7 Å². The smallest absolute Gasteiger partial charge is 0.348 e. The predicted molar refractivity (Wildman–Crippen MR) is 111 cm³/mol. The van der Waals surface area contributed by atoms with Crippen LogP contribution in [0.25, 0.3) is 10.2 Å². The summed E-state index contributed by atoms with van der Waals surface area (Å²) in [6, 6.07) is 7.68. The van der Waals surface area contributed by atoms with Crippen LogP contribution in [0, 0.1) is 6.92 Å². The number of nitrogens with one attached hydrogen (secondary N) is 2. The standard InChI is InChI=1S/C20H22ClN3O3S/c1-5-27-20(26)16-11(2)15-18(25)22-17(23-19(15)28-16)12(3)24(4)10-13-7-6-8-14(21)9-13/h6-9,12H,5,10H2,1-4H3,(H,22,23,25)/p+1/t12-/m1/s1. The first-order valence-corrected chi connectivity index (χ1v) is 10.3. The number of benzene rings is 1. The van der Waals surface area contributed by atoms with Crippen molar-refractivity contribution in [2.75, 3.05) is 13.7 Å². The highest BCUT2D eigenvalue weighted by Gasteiger charge is 2.24. The Morgan fingerprint density at radius 3 is 2.86 bits per heavy atom. The van der Waals surface area contributed by atoms with E-state index in [1.807, 2.05) is 38.2 Å². The van der Waals surface area contributed by atoms with Gasteiger partial charge in [0.25, 0.3) is 5.56 Å². The molecule has 0 bridgehead atoms. The summed E-state index contributed by atoms with van der Waals surface area (Å²) in [7, 11) is 2.04. The van der Waals surface area contributed by atoms with E-state index in [1.165, 1.54) is 11.3 Å². The Hall–Kier alpha value is -2.22. The van der Waals surface area contributed by atoms with Crippen LogP contribution in [-0.2, 0) is 11.3 Å². The van der Waals surface area contributed by atoms with Gasteiger partial charge in [0.05, 0.1) is 19.0 Å². The van der Waals surface area contributed by atoms with Gasteiger partial charge in [-0.25, -0.2) is 9.78 Å². The lowest BCUT2D eigenvalue weighted by Crippen LogP contribution is -3.07. The maximum atomic E-state index is 12.7. The predicted octanol–water partition coefficient (Wildman–Crippen LogP) is 2.90. The largest absolute Gasteiger partial charge is 0.462 e. The number of rotatable bonds is 6. The van der Waals surface area contributed by atoms with Gasteiger partial charge in [-0.15, -0.1) is 11.3 Å². The first kappa shape index (κ1) is 20.5. The van der Waals surface area contributed by atoms with E-state index >= 15 is 0 Å². The molecule has 1 unspecified atom stereocenters. The summed E-state index contributed by atoms with van der Waals surface area (Å²) in [5, 5.41) is 1.16. The zero-order valence-corrected chi connectivity index (χ0v) is 17.8. The van der Waals surface area contributed by atoms with Gasteiger partial charge in [0, 0.05) is 10.6 Å². The lowest BCUT2D eigenvalue weighted by Gasteiger charge is -2.21. The number of hydrogen-bond donors (Lipinski definition) is 2. The maximum absolute atomic E-state index is 12.7. The monoisotopic (exact) mass is 420 g/mol. The van der Waals surface area contributed by atoms with Gasteiger partial charge in [-0.2, -0.15) is 0 Å². The highest BCUT2D eigenvalue weighted by atomic mass is 35.5. The minimum Gasteiger partial charge on any atom is -0.462 e. The van der Waals surface area contributed by atoms with Crippen molar-refractivity contribution in [2.24, 2.45) is 0 Å². The molecule has 0 radical (unpaired) electrons. The zero-order valence-electron chi connectivity index (χ0n) is 16.3. The number of nitrogens with zero attached hydrogens (tertiary/aromatic N) is 1. The topological polar surface area (TPSA) is 76.5 Å². The first-order chi connectivity index (χ1) is 13.3. The molecule has 6 nitrogen and oxygen atoms in total. The Morgan fingerprint density at radius 1 is 1.43 bits per heavy atom. The summed E-state index contributed by atoms with van der Waals surface area (Å²) < 4.78 is 5.09. The summed E-state index contributed by atoms with van der Waals surface area (Å²) in [4.78, 5) is 34.5. The molecule has 28 heavy (non-hydrogen) atoms. The number of carbonyl (C=O) groups is 1. The van der Waals surface area contributed by atoms with Crippen molar-refractivity contribution >= 4 is 39.1 Å². The van der Waals surface area contributed by atoms with E-state index in [0.717, 1.165) is 17.0 Å². The molecule has 148 valence electrons. The number of halogens is 1. The van der Waals surface area contributed by atoms with Crippen LogP contribution >= 0.6 is 22.9 Å². The van der Waals surface area contributed by atoms with Crippen molar-refractivity contribution in [2.45, 2.75) is 33.4 Å². The maximum Gasteiger partial charge on any atom is 0.348 e. The molecule has 0 saturated heterocycles. The minimum absolute atomic E-state index is 0.0514. The normalized spacial score (nSPS) is 13.5. The molecule has 0 spiro atoms. The molecule has 0 fully saturated rings. The number of aromatic nitrogens is 2. The van der Waals surface area contributed by atoms with E-state index in [1.54, 1.807) is 13.8 Å². The quantitative estimate of drug-likeness (QED) is 0.601. The van der Waals surface area contributed by atoms with E-state index in [-0.39, 0.29) is 18.2 Å². The number of H-pyrrole nitrogens is 1. The second-order valence-corrected chi connectivity index (χ2v) is 8.22. The van der Waals surface area contributed by atoms with Crippen LogP contribution in [-0.4, -0.2) is 29.6 Å². The van der Waals surface area contributed by atoms with E-state index in [2.05, 4.69) is 9.97 Å². The lowest BCUT2D eigenvalue weighted by atomic mass is 10.1. The highest BCUT2D eigenvalue weighted by molar-refractivity contribution is 7.20.